The summed E-state index contributed by atoms with van der Waals surface area (Å²) in [5, 5.41) is 9.47. The highest BCUT2D eigenvalue weighted by molar-refractivity contribution is 7.80. The standard InChI is InChI=1S/C22H24FN5O5S/c1-25(22(34)32-2)19-13-28(21(31)33-19)15-4-5-17(16(23)11-15)26-7-9-27(10-8-26)20(30)14-3-6-18(29)24-12-14/h3-6,11-12,19H,7-10,13H2,1-2H3,(H,24,29). The number of pyridine rings is 1. The average molecular weight is 490 g/mol. The lowest BCUT2D eigenvalue weighted by atomic mass is 10.2. The molecule has 2 aromatic rings. The van der Waals surface area contributed by atoms with Crippen molar-refractivity contribution in [1.82, 2.24) is 14.8 Å². The minimum atomic E-state index is -0.642. The van der Waals surface area contributed by atoms with E-state index >= 15 is 4.39 Å². The molecule has 10 nitrogen and oxygen atoms in total. The summed E-state index contributed by atoms with van der Waals surface area (Å²) in [5.74, 6) is -0.816. The lowest BCUT2D eigenvalue weighted by Gasteiger charge is -2.36. The number of thiocarbonyl (C=S) groups is 1. The Hall–Kier alpha value is -3.67. The topological polar surface area (TPSA) is 98.7 Å². The zero-order valence-corrected chi connectivity index (χ0v) is 19.5. The van der Waals surface area contributed by atoms with Gasteiger partial charge in [0.05, 0.1) is 30.6 Å². The minimum Gasteiger partial charge on any atom is -0.493 e. The summed E-state index contributed by atoms with van der Waals surface area (Å²) in [5.41, 5.74) is 1.15. The average Bonchev–Trinajstić information content (AvgIpc) is 3.24. The first-order chi connectivity index (χ1) is 16.3. The number of aromatic hydroxyl groups is 1. The van der Waals surface area contributed by atoms with Crippen LogP contribution in [-0.4, -0.2) is 90.2 Å². The highest BCUT2D eigenvalue weighted by atomic mass is 32.1. The predicted molar refractivity (Wildman–Crippen MR) is 125 cm³/mol. The number of cyclic esters (lactones) is 1. The summed E-state index contributed by atoms with van der Waals surface area (Å²) >= 11 is 5.07. The fraction of sp³-hybridized carbons (Fsp3) is 0.364. The normalized spacial score (nSPS) is 18.0. The van der Waals surface area contributed by atoms with Crippen molar-refractivity contribution in [1.29, 1.82) is 0 Å². The highest BCUT2D eigenvalue weighted by Crippen LogP contribution is 2.29. The molecule has 4 rings (SSSR count). The van der Waals surface area contributed by atoms with Gasteiger partial charge < -0.3 is 24.4 Å². The maximum atomic E-state index is 15.0. The molecule has 1 N–H and O–H groups in total. The number of benzene rings is 1. The van der Waals surface area contributed by atoms with Gasteiger partial charge in [-0.2, -0.15) is 0 Å². The molecule has 3 heterocycles. The molecule has 1 aromatic carbocycles. The second-order valence-corrected chi connectivity index (χ2v) is 8.20. The Bertz CT molecular complexity index is 1090. The van der Waals surface area contributed by atoms with Gasteiger partial charge >= 0.3 is 6.09 Å². The second kappa shape index (κ2) is 9.67. The Morgan fingerprint density at radius 3 is 2.62 bits per heavy atom. The van der Waals surface area contributed by atoms with Crippen LogP contribution in [0.1, 0.15) is 10.4 Å². The van der Waals surface area contributed by atoms with Crippen LogP contribution >= 0.6 is 12.2 Å². The Kier molecular flexibility index (Phi) is 6.68. The van der Waals surface area contributed by atoms with Gasteiger partial charge in [0.1, 0.15) is 5.82 Å². The molecule has 0 aliphatic carbocycles. The number of ether oxygens (including phenoxy) is 2. The molecule has 0 saturated carbocycles. The van der Waals surface area contributed by atoms with Crippen LogP contribution in [0.3, 0.4) is 0 Å². The van der Waals surface area contributed by atoms with Crippen LogP contribution in [-0.2, 0) is 9.47 Å². The number of carbonyl (C=O) groups excluding carboxylic acids is 2. The third-order valence-corrected chi connectivity index (χ3v) is 6.29. The quantitative estimate of drug-likeness (QED) is 0.647. The van der Waals surface area contributed by atoms with Crippen molar-refractivity contribution < 1.29 is 28.6 Å². The molecule has 2 saturated heterocycles. The summed E-state index contributed by atoms with van der Waals surface area (Å²) in [7, 11) is 3.08. The zero-order chi connectivity index (χ0) is 24.4. The van der Waals surface area contributed by atoms with E-state index in [2.05, 4.69) is 4.98 Å². The third-order valence-electron chi connectivity index (χ3n) is 5.84. The molecule has 1 aromatic heterocycles. The molecule has 1 unspecified atom stereocenters. The van der Waals surface area contributed by atoms with E-state index in [-0.39, 0.29) is 23.5 Å². The van der Waals surface area contributed by atoms with Crippen LogP contribution in [0.5, 0.6) is 5.88 Å². The number of carbonyl (C=O) groups is 2. The highest BCUT2D eigenvalue weighted by Gasteiger charge is 2.36. The molecule has 2 amide bonds. The lowest BCUT2D eigenvalue weighted by molar-refractivity contribution is 0.0677. The van der Waals surface area contributed by atoms with E-state index in [0.29, 0.717) is 43.1 Å². The molecule has 0 radical (unpaired) electrons. The summed E-state index contributed by atoms with van der Waals surface area (Å²) in [4.78, 5) is 35.1. The number of hydrogen-bond acceptors (Lipinski definition) is 8. The van der Waals surface area contributed by atoms with E-state index in [0.717, 1.165) is 0 Å². The molecule has 2 aliphatic heterocycles. The van der Waals surface area contributed by atoms with Gasteiger partial charge in [0.15, 0.2) is 6.23 Å². The number of hydrogen-bond donors (Lipinski definition) is 1. The SMILES string of the molecule is COC(=S)N(C)C1CN(c2ccc(N3CCN(C(=O)c4ccc(O)nc4)CC3)c(F)c2)C(=O)O1. The van der Waals surface area contributed by atoms with Crippen LogP contribution in [0.2, 0.25) is 0 Å². The first kappa shape index (κ1) is 23.5. The number of piperazine rings is 1. The van der Waals surface area contributed by atoms with E-state index < -0.39 is 18.1 Å². The van der Waals surface area contributed by atoms with Gasteiger partial charge in [0.2, 0.25) is 5.88 Å². The Morgan fingerprint density at radius 1 is 1.26 bits per heavy atom. The molecule has 0 bridgehead atoms. The van der Waals surface area contributed by atoms with Crippen molar-refractivity contribution in [2.24, 2.45) is 0 Å². The second-order valence-electron chi connectivity index (χ2n) is 7.85. The number of amides is 2. The van der Waals surface area contributed by atoms with Gasteiger partial charge in [-0.05, 0) is 36.5 Å². The summed E-state index contributed by atoms with van der Waals surface area (Å²) in [6.07, 6.45) is 0.0903. The van der Waals surface area contributed by atoms with E-state index in [9.17, 15) is 14.7 Å². The van der Waals surface area contributed by atoms with Crippen molar-refractivity contribution in [3.8, 4) is 5.88 Å². The fourth-order valence-corrected chi connectivity index (χ4v) is 4.01. The lowest BCUT2D eigenvalue weighted by Crippen LogP contribution is -2.49. The van der Waals surface area contributed by atoms with Gasteiger partial charge in [0, 0.05) is 45.5 Å². The van der Waals surface area contributed by atoms with Crippen LogP contribution in [0.15, 0.2) is 36.5 Å². The smallest absolute Gasteiger partial charge is 0.416 e. The summed E-state index contributed by atoms with van der Waals surface area (Å²) in [6, 6.07) is 7.46. The zero-order valence-electron chi connectivity index (χ0n) is 18.7. The molecule has 12 heteroatoms. The predicted octanol–water partition coefficient (Wildman–Crippen LogP) is 2.03. The van der Waals surface area contributed by atoms with Crippen molar-refractivity contribution in [2.75, 3.05) is 56.7 Å². The van der Waals surface area contributed by atoms with Crippen LogP contribution in [0.25, 0.3) is 0 Å². The number of methoxy groups -OCH3 is 1. The van der Waals surface area contributed by atoms with Crippen molar-refractivity contribution in [3.63, 3.8) is 0 Å². The van der Waals surface area contributed by atoms with E-state index in [1.54, 1.807) is 24.1 Å². The van der Waals surface area contributed by atoms with Gasteiger partial charge in [0.25, 0.3) is 11.1 Å². The molecule has 2 fully saturated rings. The molecular formula is C22H24FN5O5S. The molecule has 2 aliphatic rings. The number of rotatable bonds is 4. The first-order valence-electron chi connectivity index (χ1n) is 10.6. The monoisotopic (exact) mass is 489 g/mol. The van der Waals surface area contributed by atoms with Gasteiger partial charge in [-0.25, -0.2) is 14.2 Å². The first-order valence-corrected chi connectivity index (χ1v) is 11.0. The maximum absolute atomic E-state index is 15.0. The van der Waals surface area contributed by atoms with E-state index in [4.69, 9.17) is 21.7 Å². The van der Waals surface area contributed by atoms with E-state index in [1.165, 1.54) is 41.3 Å². The maximum Gasteiger partial charge on any atom is 0.416 e. The van der Waals surface area contributed by atoms with Crippen LogP contribution in [0, 0.1) is 5.82 Å². The number of anilines is 2. The Labute approximate surface area is 201 Å². The fourth-order valence-electron chi connectivity index (χ4n) is 3.89. The van der Waals surface area contributed by atoms with Gasteiger partial charge in [-0.3, -0.25) is 14.6 Å². The molecular weight excluding hydrogens is 465 g/mol. The van der Waals surface area contributed by atoms with Crippen molar-refractivity contribution >= 4 is 40.8 Å². The third kappa shape index (κ3) is 4.67. The van der Waals surface area contributed by atoms with Gasteiger partial charge in [-0.1, -0.05) is 0 Å². The Morgan fingerprint density at radius 2 is 2.00 bits per heavy atom. The van der Waals surface area contributed by atoms with Gasteiger partial charge in [-0.15, -0.1) is 0 Å². The number of aromatic nitrogens is 1. The number of nitrogens with zero attached hydrogens (tertiary/aromatic N) is 5. The molecule has 0 spiro atoms. The van der Waals surface area contributed by atoms with Crippen molar-refractivity contribution in [3.05, 3.63) is 47.9 Å². The molecule has 180 valence electrons. The summed E-state index contributed by atoms with van der Waals surface area (Å²) in [6.45, 7) is 1.88. The molecule has 34 heavy (non-hydrogen) atoms. The van der Waals surface area contributed by atoms with Crippen LogP contribution in [0.4, 0.5) is 20.6 Å². The number of halogens is 1. The Balaban J connectivity index is 1.39. The van der Waals surface area contributed by atoms with Crippen molar-refractivity contribution in [2.45, 2.75) is 6.23 Å². The van der Waals surface area contributed by atoms with Crippen LogP contribution < -0.4 is 9.80 Å². The summed E-state index contributed by atoms with van der Waals surface area (Å²) < 4.78 is 25.4. The largest absolute Gasteiger partial charge is 0.493 e. The van der Waals surface area contributed by atoms with E-state index in [1.807, 2.05) is 4.90 Å². The minimum absolute atomic E-state index is 0.150. The molecule has 1 atom stereocenters. The number of likely N-dealkylation sites (N-methyl/N-ethyl adjacent to an activating group) is 1.